The van der Waals surface area contributed by atoms with Crippen LogP contribution in [0.3, 0.4) is 0 Å². The van der Waals surface area contributed by atoms with Crippen LogP contribution in [0.4, 0.5) is 14.7 Å². The second-order valence-electron chi connectivity index (χ2n) is 11.1. The average molecular weight is 583 g/mol. The van der Waals surface area contributed by atoms with Gasteiger partial charge in [-0.3, -0.25) is 14.9 Å². The zero-order valence-corrected chi connectivity index (χ0v) is 24.6. The number of hydrogen-bond acceptors (Lipinski definition) is 6. The zero-order valence-electron chi connectivity index (χ0n) is 23.8. The van der Waals surface area contributed by atoms with Crippen LogP contribution in [0.5, 0.6) is 0 Å². The first kappa shape index (κ1) is 30.3. The van der Waals surface area contributed by atoms with Gasteiger partial charge in [0.2, 0.25) is 5.95 Å². The summed E-state index contributed by atoms with van der Waals surface area (Å²) in [4.78, 5) is 32.8. The van der Waals surface area contributed by atoms with Crippen molar-refractivity contribution in [2.75, 3.05) is 18.4 Å². The van der Waals surface area contributed by atoms with Crippen molar-refractivity contribution in [3.8, 4) is 6.07 Å². The lowest BCUT2D eigenvalue weighted by Gasteiger charge is -2.26. The highest BCUT2D eigenvalue weighted by atomic mass is 32.1. The minimum absolute atomic E-state index is 0.0566. The third-order valence-corrected chi connectivity index (χ3v) is 7.96. The molecule has 1 fully saturated rings. The molecule has 1 aliphatic heterocycles. The van der Waals surface area contributed by atoms with Crippen molar-refractivity contribution in [3.05, 3.63) is 57.3 Å². The quantitative estimate of drug-likeness (QED) is 0.209. The van der Waals surface area contributed by atoms with E-state index in [2.05, 4.69) is 30.6 Å². The third kappa shape index (κ3) is 7.37. The lowest BCUT2D eigenvalue weighted by atomic mass is 10.1. The Balaban J connectivity index is 1.66. The number of carbonyl (C=O) groups is 2. The van der Waals surface area contributed by atoms with Gasteiger partial charge in [-0.25, -0.2) is 13.8 Å². The molecule has 0 aliphatic carbocycles. The molecule has 0 saturated carbocycles. The Morgan fingerprint density at radius 3 is 2.66 bits per heavy atom. The number of nitriles is 1. The van der Waals surface area contributed by atoms with Crippen molar-refractivity contribution < 1.29 is 18.4 Å². The third-order valence-electron chi connectivity index (χ3n) is 6.87. The van der Waals surface area contributed by atoms with Gasteiger partial charge in [0.1, 0.15) is 11.6 Å². The lowest BCUT2D eigenvalue weighted by molar-refractivity contribution is -0.127. The summed E-state index contributed by atoms with van der Waals surface area (Å²) in [6.45, 7) is 10.5. The maximum atomic E-state index is 13.3. The number of nitrogens with zero attached hydrogens (tertiary/aromatic N) is 4. The highest BCUT2D eigenvalue weighted by molar-refractivity contribution is 7.14. The van der Waals surface area contributed by atoms with E-state index in [-0.39, 0.29) is 39.1 Å². The Hall–Kier alpha value is -3.62. The largest absolute Gasteiger partial charge is 0.333 e. The minimum Gasteiger partial charge on any atom is -0.333 e. The van der Waals surface area contributed by atoms with Gasteiger partial charge in [-0.05, 0) is 61.1 Å². The van der Waals surface area contributed by atoms with Gasteiger partial charge in [-0.2, -0.15) is 5.26 Å². The molecule has 2 aromatic heterocycles. The van der Waals surface area contributed by atoms with Crippen LogP contribution in [0, 0.1) is 23.2 Å². The number of halogens is 2. The van der Waals surface area contributed by atoms with E-state index in [9.17, 15) is 23.6 Å². The van der Waals surface area contributed by atoms with E-state index < -0.39 is 12.3 Å². The SMILES string of the molecule is CC(C)C=C(C#N)C(=O)N1CCC[C@@H]1Cn1c(NC(=O)c2ccc(C(F)F)s2)nc2cc(CNCC(C)C)ccc21. The first-order valence-corrected chi connectivity index (χ1v) is 14.7. The highest BCUT2D eigenvalue weighted by Crippen LogP contribution is 2.30. The molecule has 2 amide bonds. The number of benzene rings is 1. The summed E-state index contributed by atoms with van der Waals surface area (Å²) < 4.78 is 28.1. The van der Waals surface area contributed by atoms with Crippen LogP contribution in [0.2, 0.25) is 0 Å². The lowest BCUT2D eigenvalue weighted by Crippen LogP contribution is -2.39. The number of likely N-dealkylation sites (tertiary alicyclic amines) is 1. The van der Waals surface area contributed by atoms with Crippen molar-refractivity contribution in [2.45, 2.75) is 66.1 Å². The molecule has 4 rings (SSSR count). The number of imidazole rings is 1. The predicted molar refractivity (Wildman–Crippen MR) is 157 cm³/mol. The Morgan fingerprint density at radius 1 is 1.22 bits per heavy atom. The Bertz CT molecular complexity index is 1470. The van der Waals surface area contributed by atoms with Crippen molar-refractivity contribution in [3.63, 3.8) is 0 Å². The average Bonchev–Trinajstić information content (AvgIpc) is 3.66. The number of thiophene rings is 1. The van der Waals surface area contributed by atoms with E-state index in [4.69, 9.17) is 4.98 Å². The number of amides is 2. The number of allylic oxidation sites excluding steroid dienone is 1. The van der Waals surface area contributed by atoms with Crippen LogP contribution in [0.1, 0.15) is 67.1 Å². The fourth-order valence-electron chi connectivity index (χ4n) is 4.97. The second kappa shape index (κ2) is 13.4. The van der Waals surface area contributed by atoms with Crippen LogP contribution in [-0.2, 0) is 17.9 Å². The molecule has 1 saturated heterocycles. The van der Waals surface area contributed by atoms with Crippen LogP contribution in [0.15, 0.2) is 42.0 Å². The number of carbonyl (C=O) groups excluding carboxylic acids is 2. The number of alkyl halides is 2. The topological polar surface area (TPSA) is 103 Å². The molecule has 41 heavy (non-hydrogen) atoms. The molecule has 218 valence electrons. The number of fused-ring (bicyclic) bond motifs is 1. The second-order valence-corrected chi connectivity index (χ2v) is 12.2. The van der Waals surface area contributed by atoms with Crippen LogP contribution in [0.25, 0.3) is 11.0 Å². The summed E-state index contributed by atoms with van der Waals surface area (Å²) in [7, 11) is 0. The maximum Gasteiger partial charge on any atom is 0.272 e. The molecule has 11 heteroatoms. The Labute approximate surface area is 243 Å². The summed E-state index contributed by atoms with van der Waals surface area (Å²) >= 11 is 0.745. The van der Waals surface area contributed by atoms with Crippen molar-refractivity contribution in [2.24, 2.45) is 11.8 Å². The van der Waals surface area contributed by atoms with Crippen LogP contribution >= 0.6 is 11.3 Å². The number of hydrogen-bond donors (Lipinski definition) is 2. The van der Waals surface area contributed by atoms with Gasteiger partial charge in [0.25, 0.3) is 18.2 Å². The summed E-state index contributed by atoms with van der Waals surface area (Å²) in [5.74, 6) is 0.0260. The van der Waals surface area contributed by atoms with Gasteiger partial charge < -0.3 is 14.8 Å². The van der Waals surface area contributed by atoms with E-state index in [1.54, 1.807) is 11.0 Å². The van der Waals surface area contributed by atoms with Crippen molar-refractivity contribution in [1.82, 2.24) is 19.8 Å². The van der Waals surface area contributed by atoms with Gasteiger partial charge >= 0.3 is 0 Å². The molecule has 0 unspecified atom stereocenters. The fourth-order valence-corrected chi connectivity index (χ4v) is 5.73. The molecule has 3 heterocycles. The molecule has 1 aliphatic rings. The minimum atomic E-state index is -2.65. The number of aromatic nitrogens is 2. The van der Waals surface area contributed by atoms with Crippen molar-refractivity contribution >= 4 is 40.1 Å². The van der Waals surface area contributed by atoms with E-state index in [0.717, 1.165) is 41.8 Å². The summed E-state index contributed by atoms with van der Waals surface area (Å²) in [5.41, 5.74) is 2.62. The molecular weight excluding hydrogens is 546 g/mol. The summed E-state index contributed by atoms with van der Waals surface area (Å²) in [6.07, 6.45) is 0.559. The van der Waals surface area contributed by atoms with Gasteiger partial charge in [-0.15, -0.1) is 11.3 Å². The first-order chi connectivity index (χ1) is 19.6. The maximum absolute atomic E-state index is 13.3. The van der Waals surface area contributed by atoms with Crippen molar-refractivity contribution in [1.29, 1.82) is 5.26 Å². The number of rotatable bonds is 11. The van der Waals surface area contributed by atoms with Crippen LogP contribution in [-0.4, -0.2) is 45.4 Å². The highest BCUT2D eigenvalue weighted by Gasteiger charge is 2.32. The standard InChI is InChI=1S/C30H36F2N6O2S/c1-18(2)12-21(14-33)29(40)37-11-5-6-22(37)17-38-24-8-7-20(16-34-15-19(3)4)13-23(24)35-30(38)36-28(39)26-10-9-25(41-26)27(31)32/h7-10,12-13,18-19,22,27,34H,5-6,11,15-17H2,1-4H3,(H,35,36,39)/t22-/m1/s1. The molecule has 2 N–H and O–H groups in total. The zero-order chi connectivity index (χ0) is 29.7. The Kier molecular flexibility index (Phi) is 9.89. The summed E-state index contributed by atoms with van der Waals surface area (Å²) in [5, 5.41) is 15.9. The van der Waals surface area contributed by atoms with Gasteiger partial charge in [0.05, 0.1) is 26.8 Å². The van der Waals surface area contributed by atoms with Crippen LogP contribution < -0.4 is 10.6 Å². The molecule has 8 nitrogen and oxygen atoms in total. The van der Waals surface area contributed by atoms with Gasteiger partial charge in [0, 0.05) is 19.6 Å². The van der Waals surface area contributed by atoms with E-state index in [0.29, 0.717) is 31.1 Å². The first-order valence-electron chi connectivity index (χ1n) is 13.9. The molecule has 0 radical (unpaired) electrons. The summed E-state index contributed by atoms with van der Waals surface area (Å²) in [6, 6.07) is 10.4. The molecular formula is C30H36F2N6O2S. The predicted octanol–water partition coefficient (Wildman–Crippen LogP) is 6.13. The van der Waals surface area contributed by atoms with Gasteiger partial charge in [-0.1, -0.05) is 39.8 Å². The monoisotopic (exact) mass is 582 g/mol. The molecule has 1 atom stereocenters. The molecule has 1 aromatic carbocycles. The smallest absolute Gasteiger partial charge is 0.272 e. The molecule has 0 spiro atoms. The Morgan fingerprint density at radius 2 is 2.00 bits per heavy atom. The van der Waals surface area contributed by atoms with E-state index in [1.165, 1.54) is 12.1 Å². The van der Waals surface area contributed by atoms with Gasteiger partial charge in [0.15, 0.2) is 0 Å². The normalized spacial score (nSPS) is 15.9. The van der Waals surface area contributed by atoms with E-state index >= 15 is 0 Å². The number of nitrogens with one attached hydrogen (secondary N) is 2. The molecule has 0 bridgehead atoms. The number of anilines is 1. The fraction of sp³-hybridized carbons (Fsp3) is 0.467. The van der Waals surface area contributed by atoms with E-state index in [1.807, 2.05) is 36.6 Å². The molecule has 3 aromatic rings.